The summed E-state index contributed by atoms with van der Waals surface area (Å²) in [5.41, 5.74) is 6.34. The van der Waals surface area contributed by atoms with Crippen molar-refractivity contribution >= 4 is 16.1 Å². The summed E-state index contributed by atoms with van der Waals surface area (Å²) in [6.07, 6.45) is 1.06. The highest BCUT2D eigenvalue weighted by Crippen LogP contribution is 2.10. The zero-order valence-corrected chi connectivity index (χ0v) is 10.5. The molecule has 0 aromatic rings. The average molecular weight is 191 g/mol. The minimum Gasteiger partial charge on any atom is -0.425 e. The summed E-state index contributed by atoms with van der Waals surface area (Å²) in [6, 6.07) is 0. The third-order valence-electron chi connectivity index (χ3n) is 1.97. The van der Waals surface area contributed by atoms with E-state index in [9.17, 15) is 0 Å². The molecule has 0 aromatic carbocycles. The summed E-state index contributed by atoms with van der Waals surface area (Å²) in [5.74, 6) is 0. The molecule has 0 heterocycles. The van der Waals surface area contributed by atoms with Crippen molar-refractivity contribution in [2.24, 2.45) is 5.73 Å². The van der Waals surface area contributed by atoms with E-state index in [2.05, 4.69) is 26.6 Å². The number of hydrogen-bond acceptors (Lipinski definition) is 2. The van der Waals surface area contributed by atoms with Crippen molar-refractivity contribution in [1.82, 2.24) is 0 Å². The molecule has 0 saturated carbocycles. The molecule has 2 nitrogen and oxygen atoms in total. The molecule has 0 aromatic heterocycles. The van der Waals surface area contributed by atoms with Crippen LogP contribution < -0.4 is 5.73 Å². The molecule has 0 radical (unpaired) electrons. The van der Waals surface area contributed by atoms with Crippen LogP contribution in [0.1, 0.15) is 13.3 Å². The lowest BCUT2D eigenvalue weighted by molar-refractivity contribution is 0.419. The van der Waals surface area contributed by atoms with Gasteiger partial charge in [-0.15, -0.1) is 0 Å². The predicted octanol–water partition coefficient (Wildman–Crippen LogP) is 1.05. The van der Waals surface area contributed by atoms with Gasteiger partial charge in [0.2, 0.25) is 0 Å². The maximum atomic E-state index is 5.99. The van der Waals surface area contributed by atoms with Crippen molar-refractivity contribution in [3.8, 4) is 0 Å². The van der Waals surface area contributed by atoms with E-state index in [-0.39, 0.29) is 0 Å². The largest absolute Gasteiger partial charge is 0.425 e. The van der Waals surface area contributed by atoms with Crippen LogP contribution in [0.25, 0.3) is 0 Å². The molecule has 0 rings (SSSR count). The fourth-order valence-electron chi connectivity index (χ4n) is 1.38. The monoisotopic (exact) mass is 191 g/mol. The highest BCUT2D eigenvalue weighted by molar-refractivity contribution is 7.29. The van der Waals surface area contributed by atoms with Gasteiger partial charge in [0.1, 0.15) is 0 Å². The Hall–Kier alpha value is 0.354. The first kappa shape index (κ1) is 11.4. The van der Waals surface area contributed by atoms with Crippen LogP contribution in [0, 0.1) is 0 Å². The lowest BCUT2D eigenvalue weighted by Gasteiger charge is -2.29. The van der Waals surface area contributed by atoms with Gasteiger partial charge < -0.3 is 10.2 Å². The zero-order chi connectivity index (χ0) is 9.07. The van der Waals surface area contributed by atoms with Crippen LogP contribution in [-0.2, 0) is 4.43 Å². The van der Waals surface area contributed by atoms with Gasteiger partial charge in [0, 0.05) is 12.8 Å². The third-order valence-corrected chi connectivity index (χ3v) is 12.5. The first-order chi connectivity index (χ1) is 4.93. The Balaban J connectivity index is 4.16. The first-order valence-corrected chi connectivity index (χ1v) is 10.7. The maximum Gasteiger partial charge on any atom is 0.180 e. The van der Waals surface area contributed by atoms with E-state index >= 15 is 0 Å². The predicted molar refractivity (Wildman–Crippen MR) is 55.8 cm³/mol. The van der Waals surface area contributed by atoms with Crippen molar-refractivity contribution in [1.29, 1.82) is 0 Å². The molecule has 4 heteroatoms. The molecule has 0 fully saturated rings. The summed E-state index contributed by atoms with van der Waals surface area (Å²) in [6.45, 7) is 9.19. The Bertz CT molecular complexity index is 113. The van der Waals surface area contributed by atoms with E-state index < -0.39 is 16.1 Å². The Labute approximate surface area is 72.7 Å². The van der Waals surface area contributed by atoms with Gasteiger partial charge in [-0.25, -0.2) is 0 Å². The van der Waals surface area contributed by atoms with Gasteiger partial charge in [0.25, 0.3) is 0 Å². The maximum absolute atomic E-state index is 5.99. The van der Waals surface area contributed by atoms with Crippen molar-refractivity contribution < 1.29 is 4.43 Å². The van der Waals surface area contributed by atoms with Crippen LogP contribution >= 0.6 is 0 Å². The summed E-state index contributed by atoms with van der Waals surface area (Å²) in [5, 5.41) is 0. The molecule has 0 bridgehead atoms. The van der Waals surface area contributed by atoms with Crippen molar-refractivity contribution in [2.75, 3.05) is 7.11 Å². The molecule has 2 atom stereocenters. The molecule has 11 heavy (non-hydrogen) atoms. The quantitative estimate of drug-likeness (QED) is 0.674. The molecule has 68 valence electrons. The number of hydrogen-bond donors (Lipinski definition) is 1. The molecular formula is C7H21NOSi2. The highest BCUT2D eigenvalue weighted by Gasteiger charge is 2.33. The fourth-order valence-corrected chi connectivity index (χ4v) is 10.8. The summed E-state index contributed by atoms with van der Waals surface area (Å²) in [7, 11) is -0.334. The van der Waals surface area contributed by atoms with Gasteiger partial charge in [-0.1, -0.05) is 26.6 Å². The van der Waals surface area contributed by atoms with Crippen molar-refractivity contribution in [3.63, 3.8) is 0 Å². The van der Waals surface area contributed by atoms with E-state index in [0.717, 1.165) is 6.42 Å². The highest BCUT2D eigenvalue weighted by atomic mass is 29.2. The zero-order valence-electron chi connectivity index (χ0n) is 8.35. The molecule has 0 spiro atoms. The molecule has 0 aliphatic carbocycles. The Morgan fingerprint density at radius 1 is 1.45 bits per heavy atom. The van der Waals surface area contributed by atoms with Crippen LogP contribution in [0.4, 0.5) is 0 Å². The minimum atomic E-state index is -1.08. The Morgan fingerprint density at radius 3 is 2.00 bits per heavy atom. The van der Waals surface area contributed by atoms with Crippen LogP contribution in [0.3, 0.4) is 0 Å². The van der Waals surface area contributed by atoms with E-state index in [1.54, 1.807) is 0 Å². The second kappa shape index (κ2) is 4.40. The lowest BCUT2D eigenvalue weighted by atomic mass is 10.5. The second-order valence-electron chi connectivity index (χ2n) is 4.09. The molecule has 0 aliphatic rings. The normalized spacial score (nSPS) is 18.0. The van der Waals surface area contributed by atoms with Gasteiger partial charge in [-0.05, 0) is 6.42 Å². The third kappa shape index (κ3) is 3.51. The summed E-state index contributed by atoms with van der Waals surface area (Å²) < 4.78 is 5.54. The average Bonchev–Trinajstić information content (AvgIpc) is 1.86. The number of nitrogens with two attached hydrogens (primary N) is 1. The van der Waals surface area contributed by atoms with Crippen LogP contribution in [0.5, 0.6) is 0 Å². The van der Waals surface area contributed by atoms with Crippen LogP contribution in [0.15, 0.2) is 0 Å². The van der Waals surface area contributed by atoms with E-state index in [1.165, 1.54) is 0 Å². The SMILES string of the molecule is CCC(N)[SiH](OC)[Si](C)(C)C. The van der Waals surface area contributed by atoms with Gasteiger partial charge in [0.05, 0.1) is 7.59 Å². The molecule has 0 saturated heterocycles. The molecule has 0 aliphatic heterocycles. The number of rotatable bonds is 4. The van der Waals surface area contributed by atoms with Crippen molar-refractivity contribution in [2.45, 2.75) is 38.7 Å². The van der Waals surface area contributed by atoms with E-state index in [1.807, 2.05) is 7.11 Å². The Kier molecular flexibility index (Phi) is 4.54. The van der Waals surface area contributed by atoms with Gasteiger partial charge in [0.15, 0.2) is 8.56 Å². The Morgan fingerprint density at radius 2 is 1.91 bits per heavy atom. The lowest BCUT2D eigenvalue weighted by Crippen LogP contribution is -2.56. The summed E-state index contributed by atoms with van der Waals surface area (Å²) in [4.78, 5) is 0. The molecule has 2 N–H and O–H groups in total. The minimum absolute atomic E-state index is 0.353. The summed E-state index contributed by atoms with van der Waals surface area (Å²) >= 11 is 0. The van der Waals surface area contributed by atoms with Gasteiger partial charge in [-0.2, -0.15) is 0 Å². The smallest absolute Gasteiger partial charge is 0.180 e. The standard InChI is InChI=1S/C7H21NOSi2/c1-6-7(8)10(9-2)11(3,4)5/h7,10H,6,8H2,1-5H3. The van der Waals surface area contributed by atoms with E-state index in [0.29, 0.717) is 5.67 Å². The first-order valence-electron chi connectivity index (χ1n) is 4.21. The molecular weight excluding hydrogens is 170 g/mol. The topological polar surface area (TPSA) is 35.2 Å². The van der Waals surface area contributed by atoms with E-state index in [4.69, 9.17) is 10.2 Å². The molecule has 2 unspecified atom stereocenters. The van der Waals surface area contributed by atoms with Crippen molar-refractivity contribution in [3.05, 3.63) is 0 Å². The van der Waals surface area contributed by atoms with Gasteiger partial charge >= 0.3 is 0 Å². The van der Waals surface area contributed by atoms with Crippen LogP contribution in [-0.4, -0.2) is 28.9 Å². The fraction of sp³-hybridized carbons (Fsp3) is 1.00. The van der Waals surface area contributed by atoms with Gasteiger partial charge in [-0.3, -0.25) is 0 Å². The second-order valence-corrected chi connectivity index (χ2v) is 17.9. The molecule has 0 amide bonds. The van der Waals surface area contributed by atoms with Crippen LogP contribution in [0.2, 0.25) is 19.6 Å².